The van der Waals surface area contributed by atoms with Crippen molar-refractivity contribution in [3.63, 3.8) is 0 Å². The average Bonchev–Trinajstić information content (AvgIpc) is 3.50. The van der Waals surface area contributed by atoms with Crippen LogP contribution in [-0.2, 0) is 16.1 Å². The summed E-state index contributed by atoms with van der Waals surface area (Å²) in [5, 5.41) is 40.6. The van der Waals surface area contributed by atoms with Gasteiger partial charge in [0, 0.05) is 24.9 Å². The molecule has 3 aromatic rings. The Morgan fingerprint density at radius 3 is 2.51 bits per heavy atom. The monoisotopic (exact) mass is 725 g/mol. The fourth-order valence-electron chi connectivity index (χ4n) is 11.9. The van der Waals surface area contributed by atoms with E-state index < -0.39 is 18.2 Å². The molecule has 7 rings (SSSR count). The summed E-state index contributed by atoms with van der Waals surface area (Å²) >= 11 is 0. The molecule has 5 N–H and O–H groups in total. The van der Waals surface area contributed by atoms with Gasteiger partial charge in [-0.3, -0.25) is 14.6 Å². The van der Waals surface area contributed by atoms with Crippen LogP contribution in [0.2, 0.25) is 0 Å². The molecule has 1 heterocycles. The number of para-hydroxylation sites is 1. The third-order valence-electron chi connectivity index (χ3n) is 14.7. The van der Waals surface area contributed by atoms with E-state index in [1.807, 2.05) is 49.4 Å². The lowest BCUT2D eigenvalue weighted by molar-refractivity contribution is -0.209. The van der Waals surface area contributed by atoms with Crippen molar-refractivity contribution in [2.45, 2.75) is 110 Å². The molecular weight excluding hydrogens is 666 g/mol. The van der Waals surface area contributed by atoms with Gasteiger partial charge in [0.1, 0.15) is 0 Å². The summed E-state index contributed by atoms with van der Waals surface area (Å²) in [7, 11) is 0. The van der Waals surface area contributed by atoms with Crippen molar-refractivity contribution in [2.75, 3.05) is 18.5 Å². The van der Waals surface area contributed by atoms with Gasteiger partial charge in [0.2, 0.25) is 0 Å². The maximum absolute atomic E-state index is 13.7. The number of benzene rings is 2. The Bertz CT molecular complexity index is 1790. The zero-order chi connectivity index (χ0) is 37.5. The van der Waals surface area contributed by atoms with Crippen molar-refractivity contribution in [2.24, 2.45) is 46.3 Å². The second-order valence-electron chi connectivity index (χ2n) is 17.3. The van der Waals surface area contributed by atoms with Crippen molar-refractivity contribution in [3.05, 3.63) is 71.4 Å². The minimum absolute atomic E-state index is 0.0249. The number of aliphatic hydroxyl groups is 2. The number of rotatable bonds is 12. The Balaban J connectivity index is 0.967. The molecule has 4 aliphatic carbocycles. The van der Waals surface area contributed by atoms with Gasteiger partial charge in [-0.05, 0) is 116 Å². The van der Waals surface area contributed by atoms with Gasteiger partial charge in [0.05, 0.1) is 47.4 Å². The van der Waals surface area contributed by atoms with Crippen LogP contribution in [0.3, 0.4) is 0 Å². The van der Waals surface area contributed by atoms with E-state index in [-0.39, 0.29) is 58.9 Å². The van der Waals surface area contributed by atoms with Gasteiger partial charge in [-0.1, -0.05) is 69.3 Å². The Labute approximate surface area is 314 Å². The number of aliphatic hydroxyl groups excluding tert-OH is 2. The molecule has 2 aromatic carbocycles. The zero-order valence-electron chi connectivity index (χ0n) is 31.9. The smallest absolute Gasteiger partial charge is 0.303 e. The molecule has 0 spiro atoms. The molecule has 4 saturated carbocycles. The first-order chi connectivity index (χ1) is 25.4. The predicted octanol–water partition coefficient (Wildman–Crippen LogP) is 7.37. The number of amides is 1. The number of aryl methyl sites for hydroxylation is 1. The molecule has 0 radical (unpaired) electrons. The molecule has 1 amide bonds. The van der Waals surface area contributed by atoms with Crippen molar-refractivity contribution in [3.8, 4) is 0 Å². The Morgan fingerprint density at radius 2 is 1.74 bits per heavy atom. The minimum atomic E-state index is -0.762. The summed E-state index contributed by atoms with van der Waals surface area (Å²) in [6.07, 6.45) is 6.21. The number of carbonyl (C=O) groups excluding carboxylic acids is 1. The van der Waals surface area contributed by atoms with Crippen LogP contribution >= 0.6 is 0 Å². The van der Waals surface area contributed by atoms with E-state index in [1.165, 1.54) is 0 Å². The molecule has 11 atom stereocenters. The molecule has 53 heavy (non-hydrogen) atoms. The van der Waals surface area contributed by atoms with Gasteiger partial charge in [0.25, 0.3) is 5.91 Å². The van der Waals surface area contributed by atoms with E-state index in [9.17, 15) is 24.9 Å². The number of ether oxygens (including phenoxy) is 1. The van der Waals surface area contributed by atoms with Crippen LogP contribution in [0.15, 0.2) is 54.6 Å². The molecular formula is C44H59N3O6. The number of anilines is 1. The number of aromatic nitrogens is 1. The Hall–Kier alpha value is -3.53. The largest absolute Gasteiger partial charge is 0.481 e. The summed E-state index contributed by atoms with van der Waals surface area (Å²) in [5.41, 5.74) is 3.70. The standard InChI is InChI=1S/C44H59N3O6/c1-26(14-17-38(50)51)32-15-16-33-40-34(24-37(49)44(32,33)4)43(3)19-18-30(22-29(43)23-36(40)48)53-21-20-45-42(52)39-27(2)47-35-13-9-8-12-31(35)41(39)46-25-28-10-6-5-7-11-28/h5-13,26,29-30,32-34,36-37,40,48-49H,14-25H2,1-4H3,(H,45,52)(H,46,47)(H,50,51). The highest BCUT2D eigenvalue weighted by Crippen LogP contribution is 2.68. The average molecular weight is 726 g/mol. The summed E-state index contributed by atoms with van der Waals surface area (Å²) < 4.78 is 6.44. The summed E-state index contributed by atoms with van der Waals surface area (Å²) in [4.78, 5) is 29.8. The third-order valence-corrected chi connectivity index (χ3v) is 14.7. The van der Waals surface area contributed by atoms with E-state index in [0.717, 1.165) is 60.7 Å². The lowest BCUT2D eigenvalue weighted by atomic mass is 9.43. The molecule has 4 aliphatic rings. The normalized spacial score (nSPS) is 34.1. The zero-order valence-corrected chi connectivity index (χ0v) is 31.9. The highest BCUT2D eigenvalue weighted by molar-refractivity contribution is 6.08. The maximum Gasteiger partial charge on any atom is 0.303 e. The lowest BCUT2D eigenvalue weighted by Crippen LogP contribution is -2.62. The number of carboxylic acid groups (broad SMARTS) is 1. The quantitative estimate of drug-likeness (QED) is 0.122. The maximum atomic E-state index is 13.7. The van der Waals surface area contributed by atoms with Crippen LogP contribution in [0.5, 0.6) is 0 Å². The SMILES string of the molecule is Cc1nc2ccccc2c(NCc2ccccc2)c1C(=O)NCCOC1CCC2(C)C(C1)CC(O)C1C2CC(O)C2(C)C(C(C)CCC(=O)O)CCC12. The fourth-order valence-corrected chi connectivity index (χ4v) is 11.9. The van der Waals surface area contributed by atoms with E-state index in [2.05, 4.69) is 43.5 Å². The van der Waals surface area contributed by atoms with Crippen molar-refractivity contribution in [1.29, 1.82) is 0 Å². The van der Waals surface area contributed by atoms with Gasteiger partial charge < -0.3 is 30.7 Å². The Morgan fingerprint density at radius 1 is 0.981 bits per heavy atom. The molecule has 1 aromatic heterocycles. The number of pyridine rings is 1. The Kier molecular flexibility index (Phi) is 10.9. The summed E-state index contributed by atoms with van der Waals surface area (Å²) in [6, 6.07) is 18.0. The van der Waals surface area contributed by atoms with Gasteiger partial charge in [-0.25, -0.2) is 0 Å². The lowest BCUT2D eigenvalue weighted by Gasteiger charge is -2.63. The molecule has 0 saturated heterocycles. The number of carboxylic acids is 1. The minimum Gasteiger partial charge on any atom is -0.481 e. The number of nitrogens with one attached hydrogen (secondary N) is 2. The van der Waals surface area contributed by atoms with E-state index in [4.69, 9.17) is 9.72 Å². The van der Waals surface area contributed by atoms with E-state index in [0.29, 0.717) is 49.7 Å². The second-order valence-corrected chi connectivity index (χ2v) is 17.3. The van der Waals surface area contributed by atoms with Crippen LogP contribution in [0.4, 0.5) is 5.69 Å². The van der Waals surface area contributed by atoms with E-state index in [1.54, 1.807) is 0 Å². The summed E-state index contributed by atoms with van der Waals surface area (Å²) in [5.74, 6) is 0.515. The summed E-state index contributed by atoms with van der Waals surface area (Å²) in [6.45, 7) is 10.0. The first-order valence-corrected chi connectivity index (χ1v) is 20.1. The number of carbonyl (C=O) groups is 2. The number of hydrogen-bond donors (Lipinski definition) is 5. The molecule has 0 aliphatic heterocycles. The van der Waals surface area contributed by atoms with Crippen LogP contribution in [0.25, 0.3) is 10.9 Å². The van der Waals surface area contributed by atoms with Gasteiger partial charge in [-0.15, -0.1) is 0 Å². The third kappa shape index (κ3) is 7.09. The fraction of sp³-hybridized carbons (Fsp3) is 0.614. The molecule has 0 bridgehead atoms. The van der Waals surface area contributed by atoms with Crippen LogP contribution < -0.4 is 10.6 Å². The predicted molar refractivity (Wildman–Crippen MR) is 206 cm³/mol. The van der Waals surface area contributed by atoms with Crippen LogP contribution in [0.1, 0.15) is 100 Å². The number of nitrogens with zero attached hydrogens (tertiary/aromatic N) is 1. The molecule has 11 unspecified atom stereocenters. The topological polar surface area (TPSA) is 141 Å². The molecule has 9 heteroatoms. The molecule has 4 fully saturated rings. The number of hydrogen-bond acceptors (Lipinski definition) is 7. The first-order valence-electron chi connectivity index (χ1n) is 20.1. The van der Waals surface area contributed by atoms with Gasteiger partial charge in [-0.2, -0.15) is 0 Å². The highest BCUT2D eigenvalue weighted by Gasteiger charge is 2.65. The van der Waals surface area contributed by atoms with Crippen molar-refractivity contribution < 1.29 is 29.6 Å². The number of aliphatic carboxylic acids is 1. The second kappa shape index (κ2) is 15.3. The highest BCUT2D eigenvalue weighted by atomic mass is 16.5. The van der Waals surface area contributed by atoms with Gasteiger partial charge >= 0.3 is 5.97 Å². The first kappa shape index (κ1) is 37.8. The molecule has 9 nitrogen and oxygen atoms in total. The molecule has 286 valence electrons. The van der Waals surface area contributed by atoms with Crippen molar-refractivity contribution >= 4 is 28.5 Å². The van der Waals surface area contributed by atoms with Crippen molar-refractivity contribution in [1.82, 2.24) is 10.3 Å². The van der Waals surface area contributed by atoms with E-state index >= 15 is 0 Å². The van der Waals surface area contributed by atoms with Gasteiger partial charge in [0.15, 0.2) is 0 Å². The van der Waals surface area contributed by atoms with Crippen LogP contribution in [-0.4, -0.2) is 63.6 Å². The van der Waals surface area contributed by atoms with Crippen LogP contribution in [0, 0.1) is 53.3 Å². The number of fused-ring (bicyclic) bond motifs is 6.